The van der Waals surface area contributed by atoms with E-state index in [0.29, 0.717) is 41.4 Å². The van der Waals surface area contributed by atoms with Crippen LogP contribution in [0.15, 0.2) is 30.6 Å². The Bertz CT molecular complexity index is 1570. The fraction of sp³-hybridized carbons (Fsp3) is 0.333. The number of ether oxygens (including phenoxy) is 1. The summed E-state index contributed by atoms with van der Waals surface area (Å²) in [6, 6.07) is 2.74. The first kappa shape index (κ1) is 22.5. The number of aryl methyl sites for hydroxylation is 1. The third kappa shape index (κ3) is 3.20. The number of rotatable bonds is 1. The molecule has 0 saturated carbocycles. The molecule has 2 aliphatic rings. The van der Waals surface area contributed by atoms with Gasteiger partial charge in [0.2, 0.25) is 0 Å². The first-order valence-corrected chi connectivity index (χ1v) is 11.3. The fourth-order valence-electron chi connectivity index (χ4n) is 5.32. The van der Waals surface area contributed by atoms with Crippen molar-refractivity contribution in [3.8, 4) is 5.75 Å². The number of benzene rings is 1. The lowest BCUT2D eigenvalue weighted by molar-refractivity contribution is -0.140. The molecule has 36 heavy (non-hydrogen) atoms. The summed E-state index contributed by atoms with van der Waals surface area (Å²) in [6.45, 7) is 4.01. The van der Waals surface area contributed by atoms with Crippen LogP contribution in [-0.4, -0.2) is 42.8 Å². The maximum Gasteiger partial charge on any atom is 0.419 e. The van der Waals surface area contributed by atoms with E-state index in [1.54, 1.807) is 23.6 Å². The predicted molar refractivity (Wildman–Crippen MR) is 121 cm³/mol. The van der Waals surface area contributed by atoms with Crippen LogP contribution in [0.5, 0.6) is 5.75 Å². The lowest BCUT2D eigenvalue weighted by atomic mass is 9.88. The Morgan fingerprint density at radius 1 is 1.19 bits per heavy atom. The number of alkyl halides is 3. The molecule has 0 spiro atoms. The Balaban J connectivity index is 1.45. The SMILES string of the molecule is Cc1ncc2c(N)nc3cnc(C(=O)N4C[C@H](C)C[C@@H]5Oc6c(ccc(C(F)(F)F)c6F)[C@@H]54)cc3n12. The molecule has 12 heteroatoms. The van der Waals surface area contributed by atoms with Crippen molar-refractivity contribution in [1.29, 1.82) is 0 Å². The first-order chi connectivity index (χ1) is 17.0. The second-order valence-corrected chi connectivity index (χ2v) is 9.32. The van der Waals surface area contributed by atoms with E-state index in [-0.39, 0.29) is 23.0 Å². The third-order valence-corrected chi connectivity index (χ3v) is 6.88. The number of hydrogen-bond donors (Lipinski definition) is 1. The normalized spacial score (nSPS) is 21.5. The standard InChI is InChI=1S/C24H20F4N6O2/c1-10-5-18-20(12-3-4-13(24(26,27)28)19(25)21(12)36-18)33(9-10)23(35)14-6-16-15(7-31-14)32-22(29)17-8-30-11(2)34(16)17/h3-4,6-8,10,18,20H,5,9H2,1-2H3,(H2,29,32)/t10-,18+,20+/m1/s1. The largest absolute Gasteiger partial charge is 0.484 e. The topological polar surface area (TPSA) is 98.6 Å². The highest BCUT2D eigenvalue weighted by Crippen LogP contribution is 2.49. The summed E-state index contributed by atoms with van der Waals surface area (Å²) in [6.07, 6.45) is -2.03. The van der Waals surface area contributed by atoms with Crippen molar-refractivity contribution in [2.24, 2.45) is 5.92 Å². The molecule has 6 rings (SSSR count). The summed E-state index contributed by atoms with van der Waals surface area (Å²) in [4.78, 5) is 28.2. The highest BCUT2D eigenvalue weighted by atomic mass is 19.4. The molecule has 3 atom stereocenters. The van der Waals surface area contributed by atoms with Crippen molar-refractivity contribution in [3.05, 3.63) is 59.1 Å². The molecule has 1 aromatic carbocycles. The molecule has 1 fully saturated rings. The molecular weight excluding hydrogens is 480 g/mol. The number of carbonyl (C=O) groups excluding carboxylic acids is 1. The van der Waals surface area contributed by atoms with Crippen LogP contribution in [-0.2, 0) is 6.18 Å². The lowest BCUT2D eigenvalue weighted by Crippen LogP contribution is -2.47. The minimum absolute atomic E-state index is 0.0285. The summed E-state index contributed by atoms with van der Waals surface area (Å²) in [7, 11) is 0. The van der Waals surface area contributed by atoms with Crippen LogP contribution in [0.4, 0.5) is 23.4 Å². The van der Waals surface area contributed by atoms with Gasteiger partial charge in [0, 0.05) is 12.1 Å². The quantitative estimate of drug-likeness (QED) is 0.391. The second-order valence-electron chi connectivity index (χ2n) is 9.32. The molecular formula is C24H20F4N6O2. The fourth-order valence-corrected chi connectivity index (χ4v) is 5.32. The molecule has 0 bridgehead atoms. The molecule has 186 valence electrons. The molecule has 0 unspecified atom stereocenters. The van der Waals surface area contributed by atoms with Crippen molar-refractivity contribution in [3.63, 3.8) is 0 Å². The Labute approximate surface area is 201 Å². The van der Waals surface area contributed by atoms with E-state index >= 15 is 0 Å². The molecule has 0 aliphatic carbocycles. The zero-order valence-corrected chi connectivity index (χ0v) is 19.2. The van der Waals surface area contributed by atoms with Gasteiger partial charge in [-0.1, -0.05) is 13.0 Å². The number of aromatic nitrogens is 4. The highest BCUT2D eigenvalue weighted by molar-refractivity contribution is 5.96. The van der Waals surface area contributed by atoms with E-state index in [1.807, 2.05) is 6.92 Å². The van der Waals surface area contributed by atoms with Gasteiger partial charge in [-0.05, 0) is 31.4 Å². The Kier molecular flexibility index (Phi) is 4.70. The molecule has 1 saturated heterocycles. The minimum atomic E-state index is -4.86. The van der Waals surface area contributed by atoms with Gasteiger partial charge in [0.25, 0.3) is 5.91 Å². The van der Waals surface area contributed by atoms with Crippen LogP contribution in [0.3, 0.4) is 0 Å². The van der Waals surface area contributed by atoms with Gasteiger partial charge in [0.05, 0.1) is 29.5 Å². The molecule has 8 nitrogen and oxygen atoms in total. The maximum atomic E-state index is 14.8. The van der Waals surface area contributed by atoms with Crippen LogP contribution in [0.1, 0.15) is 46.8 Å². The summed E-state index contributed by atoms with van der Waals surface area (Å²) >= 11 is 0. The minimum Gasteiger partial charge on any atom is -0.484 e. The van der Waals surface area contributed by atoms with Gasteiger partial charge >= 0.3 is 6.18 Å². The smallest absolute Gasteiger partial charge is 0.419 e. The van der Waals surface area contributed by atoms with Crippen LogP contribution < -0.4 is 10.5 Å². The zero-order valence-electron chi connectivity index (χ0n) is 19.2. The average molecular weight is 500 g/mol. The van der Waals surface area contributed by atoms with E-state index in [4.69, 9.17) is 10.5 Å². The summed E-state index contributed by atoms with van der Waals surface area (Å²) in [5.74, 6) is -1.46. The molecule has 3 aromatic heterocycles. The summed E-state index contributed by atoms with van der Waals surface area (Å²) in [5.41, 5.74) is 6.60. The Morgan fingerprint density at radius 2 is 1.97 bits per heavy atom. The van der Waals surface area contributed by atoms with Crippen molar-refractivity contribution < 1.29 is 27.1 Å². The molecule has 2 aliphatic heterocycles. The number of carbonyl (C=O) groups is 1. The zero-order chi connectivity index (χ0) is 25.5. The number of anilines is 1. The molecule has 2 N–H and O–H groups in total. The highest BCUT2D eigenvalue weighted by Gasteiger charge is 2.48. The number of nitrogens with zero attached hydrogens (tertiary/aromatic N) is 5. The third-order valence-electron chi connectivity index (χ3n) is 6.88. The number of fused-ring (bicyclic) bond motifs is 6. The molecule has 4 aromatic rings. The van der Waals surface area contributed by atoms with Crippen molar-refractivity contribution >= 4 is 28.3 Å². The average Bonchev–Trinajstić information content (AvgIpc) is 3.39. The molecule has 1 amide bonds. The van der Waals surface area contributed by atoms with Crippen LogP contribution >= 0.6 is 0 Å². The number of nitrogen functional groups attached to an aromatic ring is 1. The maximum absolute atomic E-state index is 14.8. The van der Waals surface area contributed by atoms with Crippen LogP contribution in [0, 0.1) is 18.7 Å². The van der Waals surface area contributed by atoms with E-state index in [2.05, 4.69) is 15.0 Å². The van der Waals surface area contributed by atoms with E-state index in [9.17, 15) is 22.4 Å². The van der Waals surface area contributed by atoms with Gasteiger partial charge in [-0.15, -0.1) is 0 Å². The van der Waals surface area contributed by atoms with Gasteiger partial charge in [0.15, 0.2) is 11.6 Å². The van der Waals surface area contributed by atoms with Crippen molar-refractivity contribution in [2.75, 3.05) is 12.3 Å². The van der Waals surface area contributed by atoms with Crippen LogP contribution in [0.2, 0.25) is 0 Å². The summed E-state index contributed by atoms with van der Waals surface area (Å²) in [5, 5.41) is 0. The number of imidazole rings is 1. The predicted octanol–water partition coefficient (Wildman–Crippen LogP) is 4.31. The van der Waals surface area contributed by atoms with E-state index < -0.39 is 41.4 Å². The number of nitrogens with two attached hydrogens (primary N) is 1. The van der Waals surface area contributed by atoms with Gasteiger partial charge < -0.3 is 15.4 Å². The molecule has 0 radical (unpaired) electrons. The van der Waals surface area contributed by atoms with E-state index in [1.165, 1.54) is 17.2 Å². The monoisotopic (exact) mass is 500 g/mol. The van der Waals surface area contributed by atoms with Crippen LogP contribution in [0.25, 0.3) is 16.6 Å². The van der Waals surface area contributed by atoms with Crippen molar-refractivity contribution in [1.82, 2.24) is 24.3 Å². The number of amides is 1. The van der Waals surface area contributed by atoms with Gasteiger partial charge in [-0.2, -0.15) is 13.2 Å². The van der Waals surface area contributed by atoms with E-state index in [0.717, 1.165) is 0 Å². The molecule has 5 heterocycles. The Hall–Kier alpha value is -3.96. The summed E-state index contributed by atoms with van der Waals surface area (Å²) < 4.78 is 62.1. The number of pyridine rings is 1. The number of hydrogen-bond acceptors (Lipinski definition) is 6. The first-order valence-electron chi connectivity index (χ1n) is 11.3. The van der Waals surface area contributed by atoms with Gasteiger partial charge in [-0.3, -0.25) is 9.20 Å². The van der Waals surface area contributed by atoms with Crippen molar-refractivity contribution in [2.45, 2.75) is 38.6 Å². The lowest BCUT2D eigenvalue weighted by Gasteiger charge is -2.39. The number of halogens is 4. The second kappa shape index (κ2) is 7.52. The number of piperidine rings is 1. The number of likely N-dealkylation sites (tertiary alicyclic amines) is 1. The Morgan fingerprint density at radius 3 is 2.72 bits per heavy atom. The van der Waals surface area contributed by atoms with Gasteiger partial charge in [-0.25, -0.2) is 19.3 Å². The van der Waals surface area contributed by atoms with Gasteiger partial charge in [0.1, 0.15) is 34.5 Å².